The zero-order valence-electron chi connectivity index (χ0n) is 17.6. The number of carbonyl (C=O) groups is 2. The summed E-state index contributed by atoms with van der Waals surface area (Å²) in [4.78, 5) is 23.3. The van der Waals surface area contributed by atoms with Crippen LogP contribution >= 0.6 is 0 Å². The van der Waals surface area contributed by atoms with Gasteiger partial charge >= 0.3 is 12.1 Å². The van der Waals surface area contributed by atoms with Crippen molar-refractivity contribution >= 4 is 34.2 Å². The summed E-state index contributed by atoms with van der Waals surface area (Å²) in [6.45, 7) is 0. The number of hydrogen-bond donors (Lipinski definition) is 1. The summed E-state index contributed by atoms with van der Waals surface area (Å²) in [6.07, 6.45) is -0.502. The summed E-state index contributed by atoms with van der Waals surface area (Å²) in [6, 6.07) is 6.66. The predicted molar refractivity (Wildman–Crippen MR) is 113 cm³/mol. The molecule has 32 heavy (non-hydrogen) atoms. The van der Waals surface area contributed by atoms with E-state index in [1.54, 1.807) is 24.3 Å². The molecule has 170 valence electrons. The van der Waals surface area contributed by atoms with Gasteiger partial charge in [0.25, 0.3) is 0 Å². The van der Waals surface area contributed by atoms with E-state index >= 15 is 0 Å². The van der Waals surface area contributed by atoms with Gasteiger partial charge in [-0.15, -0.1) is 0 Å². The lowest BCUT2D eigenvalue weighted by Gasteiger charge is -2.30. The number of ether oxygens (including phenoxy) is 1. The third-order valence-electron chi connectivity index (χ3n) is 6.22. The average Bonchev–Trinajstić information content (AvgIpc) is 2.96. The first kappa shape index (κ1) is 22.3. The van der Waals surface area contributed by atoms with Crippen LogP contribution in [0.3, 0.4) is 0 Å². The summed E-state index contributed by atoms with van der Waals surface area (Å²) in [5.74, 6) is -1.10. The second kappa shape index (κ2) is 8.94. The molecule has 5 nitrogen and oxygen atoms in total. The van der Waals surface area contributed by atoms with Crippen LogP contribution in [0.25, 0.3) is 21.9 Å². The van der Waals surface area contributed by atoms with Crippen LogP contribution in [0.15, 0.2) is 40.8 Å². The first-order valence-electron chi connectivity index (χ1n) is 10.6. The van der Waals surface area contributed by atoms with Crippen molar-refractivity contribution in [2.45, 2.75) is 50.4 Å². The highest BCUT2D eigenvalue weighted by molar-refractivity contribution is 6.06. The standard InChI is InChI=1S/C24H24F3NO4/c1-31-23(30)17-5-3-2-4-6-19(17)28-22(24(25,26)27)15-8-9-16-18-11-14(13-29)7-10-20(18)32-21(16)12-15/h7-13,17,19,22,28H,2-6H2,1H3. The van der Waals surface area contributed by atoms with Crippen LogP contribution in [0.1, 0.15) is 54.1 Å². The van der Waals surface area contributed by atoms with E-state index in [0.717, 1.165) is 19.3 Å². The Bertz CT molecular complexity index is 1140. The smallest absolute Gasteiger partial charge is 0.407 e. The maximum atomic E-state index is 14.1. The third kappa shape index (κ3) is 4.37. The molecule has 1 saturated carbocycles. The number of benzene rings is 2. The summed E-state index contributed by atoms with van der Waals surface area (Å²) in [7, 11) is 1.26. The number of alkyl halides is 3. The van der Waals surface area contributed by atoms with E-state index < -0.39 is 30.1 Å². The van der Waals surface area contributed by atoms with Crippen molar-refractivity contribution in [3.8, 4) is 0 Å². The van der Waals surface area contributed by atoms with Crippen LogP contribution < -0.4 is 5.32 Å². The van der Waals surface area contributed by atoms with Gasteiger partial charge in [0, 0.05) is 22.4 Å². The van der Waals surface area contributed by atoms with Crippen molar-refractivity contribution in [2.24, 2.45) is 5.92 Å². The van der Waals surface area contributed by atoms with E-state index in [-0.39, 0.29) is 5.56 Å². The van der Waals surface area contributed by atoms with E-state index in [1.807, 2.05) is 0 Å². The molecule has 0 saturated heterocycles. The van der Waals surface area contributed by atoms with Gasteiger partial charge < -0.3 is 9.15 Å². The third-order valence-corrected chi connectivity index (χ3v) is 6.22. The average molecular weight is 447 g/mol. The molecule has 1 fully saturated rings. The summed E-state index contributed by atoms with van der Waals surface area (Å²) >= 11 is 0. The van der Waals surface area contributed by atoms with Crippen molar-refractivity contribution in [1.82, 2.24) is 5.32 Å². The molecule has 1 heterocycles. The first-order chi connectivity index (χ1) is 15.3. The number of hydrogen-bond acceptors (Lipinski definition) is 5. The Morgan fingerprint density at radius 1 is 1.09 bits per heavy atom. The minimum absolute atomic E-state index is 0.00697. The van der Waals surface area contributed by atoms with E-state index in [4.69, 9.17) is 9.15 Å². The molecule has 3 atom stereocenters. The lowest BCUT2D eigenvalue weighted by molar-refractivity contribution is -0.164. The Kier molecular flexibility index (Phi) is 6.24. The molecule has 1 aliphatic rings. The quantitative estimate of drug-likeness (QED) is 0.308. The van der Waals surface area contributed by atoms with Gasteiger partial charge in [0.1, 0.15) is 23.5 Å². The lowest BCUT2D eigenvalue weighted by atomic mass is 9.92. The summed E-state index contributed by atoms with van der Waals surface area (Å²) in [5, 5.41) is 4.02. The maximum Gasteiger partial charge on any atom is 0.407 e. The topological polar surface area (TPSA) is 68.5 Å². The molecule has 3 unspecified atom stereocenters. The largest absolute Gasteiger partial charge is 0.469 e. The van der Waals surface area contributed by atoms with Gasteiger partial charge in [0.2, 0.25) is 0 Å². The second-order valence-electron chi connectivity index (χ2n) is 8.25. The molecule has 1 aliphatic carbocycles. The van der Waals surface area contributed by atoms with Crippen molar-refractivity contribution in [3.05, 3.63) is 47.5 Å². The number of furan rings is 1. The van der Waals surface area contributed by atoms with Gasteiger partial charge in [-0.3, -0.25) is 14.9 Å². The number of methoxy groups -OCH3 is 1. The highest BCUT2D eigenvalue weighted by Crippen LogP contribution is 2.38. The van der Waals surface area contributed by atoms with Crippen molar-refractivity contribution in [3.63, 3.8) is 0 Å². The number of carbonyl (C=O) groups excluding carboxylic acids is 2. The van der Waals surface area contributed by atoms with E-state index in [1.165, 1.54) is 19.2 Å². The van der Waals surface area contributed by atoms with Crippen molar-refractivity contribution in [1.29, 1.82) is 0 Å². The molecular formula is C24H24F3NO4. The van der Waals surface area contributed by atoms with Gasteiger partial charge in [-0.1, -0.05) is 31.4 Å². The number of nitrogens with one attached hydrogen (secondary N) is 1. The number of esters is 1. The molecule has 0 radical (unpaired) electrons. The van der Waals surface area contributed by atoms with Gasteiger partial charge in [-0.25, -0.2) is 0 Å². The number of aldehydes is 1. The summed E-state index contributed by atoms with van der Waals surface area (Å²) < 4.78 is 53.0. The first-order valence-corrected chi connectivity index (χ1v) is 10.6. The molecule has 3 aromatic rings. The van der Waals surface area contributed by atoms with Crippen molar-refractivity contribution in [2.75, 3.05) is 7.11 Å². The molecule has 0 bridgehead atoms. The molecule has 4 rings (SSSR count). The zero-order valence-corrected chi connectivity index (χ0v) is 17.6. The van der Waals surface area contributed by atoms with Crippen LogP contribution in [0, 0.1) is 5.92 Å². The molecule has 0 amide bonds. The zero-order chi connectivity index (χ0) is 22.9. The SMILES string of the molecule is COC(=O)C1CCCCCC1NC(c1ccc2c(c1)oc1ccc(C=O)cc12)C(F)(F)F. The van der Waals surface area contributed by atoms with Crippen LogP contribution in [-0.2, 0) is 9.53 Å². The fraction of sp³-hybridized carbons (Fsp3) is 0.417. The maximum absolute atomic E-state index is 14.1. The fourth-order valence-corrected chi connectivity index (χ4v) is 4.60. The molecule has 8 heteroatoms. The minimum atomic E-state index is -4.57. The normalized spacial score (nSPS) is 20.8. The Balaban J connectivity index is 1.71. The van der Waals surface area contributed by atoms with Gasteiger partial charge in [0.15, 0.2) is 0 Å². The van der Waals surface area contributed by atoms with Gasteiger partial charge in [-0.2, -0.15) is 13.2 Å². The van der Waals surface area contributed by atoms with Crippen LogP contribution in [0.2, 0.25) is 0 Å². The van der Waals surface area contributed by atoms with E-state index in [9.17, 15) is 22.8 Å². The van der Waals surface area contributed by atoms with Gasteiger partial charge in [-0.05, 0) is 42.7 Å². The molecule has 1 N–H and O–H groups in total. The van der Waals surface area contributed by atoms with Crippen LogP contribution in [0.5, 0.6) is 0 Å². The Morgan fingerprint density at radius 2 is 1.88 bits per heavy atom. The van der Waals surface area contributed by atoms with E-state index in [0.29, 0.717) is 46.6 Å². The highest BCUT2D eigenvalue weighted by atomic mass is 19.4. The van der Waals surface area contributed by atoms with Crippen LogP contribution in [0.4, 0.5) is 13.2 Å². The van der Waals surface area contributed by atoms with Gasteiger partial charge in [0.05, 0.1) is 13.0 Å². The summed E-state index contributed by atoms with van der Waals surface area (Å²) in [5.41, 5.74) is 1.27. The Morgan fingerprint density at radius 3 is 2.59 bits per heavy atom. The molecular weight excluding hydrogens is 423 g/mol. The van der Waals surface area contributed by atoms with Crippen molar-refractivity contribution < 1.29 is 31.9 Å². The molecule has 2 aromatic carbocycles. The van der Waals surface area contributed by atoms with E-state index in [2.05, 4.69) is 5.32 Å². The lowest BCUT2D eigenvalue weighted by Crippen LogP contribution is -2.46. The molecule has 1 aromatic heterocycles. The highest BCUT2D eigenvalue weighted by Gasteiger charge is 2.44. The molecule has 0 aliphatic heterocycles. The Hall–Kier alpha value is -2.87. The number of halogens is 3. The predicted octanol–water partition coefficient (Wildman–Crippen LogP) is 5.71. The Labute approximate surface area is 182 Å². The second-order valence-corrected chi connectivity index (χ2v) is 8.25. The minimum Gasteiger partial charge on any atom is -0.469 e. The van der Waals surface area contributed by atoms with Crippen LogP contribution in [-0.4, -0.2) is 31.6 Å². The number of rotatable bonds is 5. The molecule has 0 spiro atoms. The monoisotopic (exact) mass is 447 g/mol. The number of fused-ring (bicyclic) bond motifs is 3. The fourth-order valence-electron chi connectivity index (χ4n) is 4.60.